The molecule has 0 saturated carbocycles. The quantitative estimate of drug-likeness (QED) is 0.436. The summed E-state index contributed by atoms with van der Waals surface area (Å²) in [6.45, 7) is 0. The Kier molecular flexibility index (Phi) is 3.32. The summed E-state index contributed by atoms with van der Waals surface area (Å²) >= 11 is 8.69. The molecule has 1 aliphatic heterocycles. The van der Waals surface area contributed by atoms with Crippen LogP contribution in [-0.4, -0.2) is 22.0 Å². The summed E-state index contributed by atoms with van der Waals surface area (Å²) in [5.41, 5.74) is 0. The van der Waals surface area contributed by atoms with Crippen LogP contribution in [0.3, 0.4) is 0 Å². The van der Waals surface area contributed by atoms with Crippen LogP contribution in [0.2, 0.25) is 0 Å². The largest absolute Gasteiger partial charge is 0.174 e. The minimum Gasteiger partial charge on any atom is -0.174 e. The van der Waals surface area contributed by atoms with Crippen molar-refractivity contribution in [2.75, 3.05) is 11.5 Å². The van der Waals surface area contributed by atoms with E-state index in [-0.39, 0.29) is 0 Å². The average Bonchev–Trinajstić information content (AvgIpc) is 1.77. The van der Waals surface area contributed by atoms with Gasteiger partial charge in [0.15, 0.2) is 0 Å². The van der Waals surface area contributed by atoms with Gasteiger partial charge >= 0.3 is 0 Å². The number of hydrogen-bond donors (Lipinski definition) is 2. The Bertz CT molecular complexity index is 64.4. The van der Waals surface area contributed by atoms with E-state index in [1.165, 1.54) is 0 Å². The van der Waals surface area contributed by atoms with Gasteiger partial charge in [-0.3, -0.25) is 0 Å². The second kappa shape index (κ2) is 3.54. The zero-order valence-corrected chi connectivity index (χ0v) is 7.70. The zero-order valence-electron chi connectivity index (χ0n) is 4.28. The third-order valence-corrected chi connectivity index (χ3v) is 5.29. The van der Waals surface area contributed by atoms with Crippen LogP contribution in [0.25, 0.3) is 0 Å². The van der Waals surface area contributed by atoms with Gasteiger partial charge < -0.3 is 0 Å². The maximum absolute atomic E-state index is 4.35. The van der Waals surface area contributed by atoms with Crippen molar-refractivity contribution >= 4 is 46.8 Å². The summed E-state index contributed by atoms with van der Waals surface area (Å²) in [7, 11) is 3.80. The van der Waals surface area contributed by atoms with E-state index in [0.717, 1.165) is 11.5 Å². The van der Waals surface area contributed by atoms with E-state index in [4.69, 9.17) is 0 Å². The van der Waals surface area contributed by atoms with Crippen LogP contribution >= 0.6 is 46.8 Å². The predicted molar refractivity (Wildman–Crippen MR) is 50.5 cm³/mol. The standard InChI is InChI=1S/C4H8S4/c5-3-1-7-8-2-4(3)6/h3-6H,1-2H2/t3-,4-/m0/s1. The van der Waals surface area contributed by atoms with Gasteiger partial charge in [0.2, 0.25) is 0 Å². The SMILES string of the molecule is S[C@H]1CSSC[C@@H]1S. The highest BCUT2D eigenvalue weighted by Gasteiger charge is 2.18. The lowest BCUT2D eigenvalue weighted by Crippen LogP contribution is -2.22. The van der Waals surface area contributed by atoms with Crippen molar-refractivity contribution < 1.29 is 0 Å². The van der Waals surface area contributed by atoms with Crippen LogP contribution in [0.1, 0.15) is 0 Å². The van der Waals surface area contributed by atoms with Crippen molar-refractivity contribution in [3.8, 4) is 0 Å². The Labute approximate surface area is 68.8 Å². The number of thiol groups is 2. The maximum atomic E-state index is 4.35. The monoisotopic (exact) mass is 184 g/mol. The normalized spacial score (nSPS) is 39.8. The molecule has 2 atom stereocenters. The molecule has 0 nitrogen and oxygen atoms in total. The van der Waals surface area contributed by atoms with E-state index < -0.39 is 0 Å². The van der Waals surface area contributed by atoms with Crippen LogP contribution in [0.15, 0.2) is 0 Å². The molecule has 1 fully saturated rings. The van der Waals surface area contributed by atoms with Gasteiger partial charge in [-0.1, -0.05) is 21.6 Å². The fraction of sp³-hybridized carbons (Fsp3) is 1.00. The fourth-order valence-electron chi connectivity index (χ4n) is 0.458. The van der Waals surface area contributed by atoms with Gasteiger partial charge in [-0.25, -0.2) is 0 Å². The molecule has 0 amide bonds. The first-order valence-electron chi connectivity index (χ1n) is 2.41. The molecular formula is C4H8S4. The van der Waals surface area contributed by atoms with Crippen molar-refractivity contribution in [3.05, 3.63) is 0 Å². The van der Waals surface area contributed by atoms with Crippen LogP contribution in [-0.2, 0) is 0 Å². The lowest BCUT2D eigenvalue weighted by atomic mass is 10.3. The molecule has 0 aromatic carbocycles. The van der Waals surface area contributed by atoms with Gasteiger partial charge in [-0.05, 0) is 0 Å². The average molecular weight is 184 g/mol. The summed E-state index contributed by atoms with van der Waals surface area (Å²) in [6, 6.07) is 0. The van der Waals surface area contributed by atoms with Crippen molar-refractivity contribution in [3.63, 3.8) is 0 Å². The predicted octanol–water partition coefficient (Wildman–Crippen LogP) is 1.98. The molecule has 0 radical (unpaired) electrons. The molecule has 0 spiro atoms. The topological polar surface area (TPSA) is 0 Å². The highest BCUT2D eigenvalue weighted by atomic mass is 33.1. The summed E-state index contributed by atoms with van der Waals surface area (Å²) < 4.78 is 0. The van der Waals surface area contributed by atoms with Gasteiger partial charge in [-0.2, -0.15) is 25.3 Å². The smallest absolute Gasteiger partial charge is 0.0241 e. The Morgan fingerprint density at radius 3 is 1.62 bits per heavy atom. The van der Waals surface area contributed by atoms with Crippen LogP contribution in [0, 0.1) is 0 Å². The number of rotatable bonds is 0. The summed E-state index contributed by atoms with van der Waals surface area (Å²) in [6.07, 6.45) is 0. The molecule has 1 aliphatic rings. The second-order valence-electron chi connectivity index (χ2n) is 1.70. The van der Waals surface area contributed by atoms with Crippen LogP contribution in [0.4, 0.5) is 0 Å². The molecule has 8 heavy (non-hydrogen) atoms. The molecule has 0 aromatic rings. The van der Waals surface area contributed by atoms with E-state index in [1.54, 1.807) is 0 Å². The second-order valence-corrected chi connectivity index (χ2v) is 5.58. The Balaban J connectivity index is 2.28. The minimum atomic E-state index is 0.504. The first kappa shape index (κ1) is 7.51. The van der Waals surface area contributed by atoms with Gasteiger partial charge in [0.25, 0.3) is 0 Å². The van der Waals surface area contributed by atoms with E-state index >= 15 is 0 Å². The summed E-state index contributed by atoms with van der Waals surface area (Å²) in [4.78, 5) is 0. The lowest BCUT2D eigenvalue weighted by molar-refractivity contribution is 0.962. The minimum absolute atomic E-state index is 0.504. The molecule has 0 unspecified atom stereocenters. The van der Waals surface area contributed by atoms with E-state index in [1.807, 2.05) is 21.6 Å². The summed E-state index contributed by atoms with van der Waals surface area (Å²) in [5.74, 6) is 2.28. The van der Waals surface area contributed by atoms with Crippen LogP contribution in [0.5, 0.6) is 0 Å². The Morgan fingerprint density at radius 1 is 1.00 bits per heavy atom. The molecule has 1 heterocycles. The molecule has 0 bridgehead atoms. The van der Waals surface area contributed by atoms with Gasteiger partial charge in [-0.15, -0.1) is 0 Å². The van der Waals surface area contributed by atoms with Gasteiger partial charge in [0.05, 0.1) is 0 Å². The van der Waals surface area contributed by atoms with E-state index in [0.29, 0.717) is 10.5 Å². The molecule has 0 N–H and O–H groups in total. The molecule has 0 aromatic heterocycles. The van der Waals surface area contributed by atoms with Crippen molar-refractivity contribution in [2.24, 2.45) is 0 Å². The first-order chi connectivity index (χ1) is 3.80. The molecule has 1 saturated heterocycles. The lowest BCUT2D eigenvalue weighted by Gasteiger charge is -2.21. The van der Waals surface area contributed by atoms with Gasteiger partial charge in [0, 0.05) is 22.0 Å². The van der Waals surface area contributed by atoms with Crippen molar-refractivity contribution in [1.82, 2.24) is 0 Å². The molecule has 1 rings (SSSR count). The maximum Gasteiger partial charge on any atom is 0.0241 e. The zero-order chi connectivity index (χ0) is 5.98. The first-order valence-corrected chi connectivity index (χ1v) is 5.93. The van der Waals surface area contributed by atoms with E-state index in [9.17, 15) is 0 Å². The number of hydrogen-bond acceptors (Lipinski definition) is 4. The van der Waals surface area contributed by atoms with E-state index in [2.05, 4.69) is 25.3 Å². The molecular weight excluding hydrogens is 176 g/mol. The van der Waals surface area contributed by atoms with Crippen LogP contribution < -0.4 is 0 Å². The third-order valence-electron chi connectivity index (χ3n) is 1.01. The fourth-order valence-corrected chi connectivity index (χ4v) is 4.40. The molecule has 0 aliphatic carbocycles. The molecule has 4 heteroatoms. The van der Waals surface area contributed by atoms with Crippen molar-refractivity contribution in [2.45, 2.75) is 10.5 Å². The van der Waals surface area contributed by atoms with Gasteiger partial charge in [0.1, 0.15) is 0 Å². The third kappa shape index (κ3) is 1.97. The Hall–Kier alpha value is 1.40. The van der Waals surface area contributed by atoms with Crippen molar-refractivity contribution in [1.29, 1.82) is 0 Å². The summed E-state index contributed by atoms with van der Waals surface area (Å²) in [5, 5.41) is 1.01. The Morgan fingerprint density at radius 2 is 1.38 bits per heavy atom. The highest BCUT2D eigenvalue weighted by molar-refractivity contribution is 8.76. The molecule has 48 valence electrons. The highest BCUT2D eigenvalue weighted by Crippen LogP contribution is 2.33.